The highest BCUT2D eigenvalue weighted by Crippen LogP contribution is 2.18. The summed E-state index contributed by atoms with van der Waals surface area (Å²) in [4.78, 5) is 16.7. The third kappa shape index (κ3) is 5.12. The predicted molar refractivity (Wildman–Crippen MR) is 101 cm³/mol. The maximum absolute atomic E-state index is 12.8. The van der Waals surface area contributed by atoms with Crippen LogP contribution in [0.5, 0.6) is 0 Å². The Morgan fingerprint density at radius 1 is 1.19 bits per heavy atom. The van der Waals surface area contributed by atoms with Gasteiger partial charge < -0.3 is 5.32 Å². The van der Waals surface area contributed by atoms with Crippen LogP contribution in [0.15, 0.2) is 47.6 Å². The molecule has 0 unspecified atom stereocenters. The molecule has 2 aromatic rings. The van der Waals surface area contributed by atoms with Gasteiger partial charge in [0.15, 0.2) is 0 Å². The summed E-state index contributed by atoms with van der Waals surface area (Å²) in [7, 11) is -3.80. The molecule has 0 aliphatic rings. The number of aryl methyl sites for hydroxylation is 2. The quantitative estimate of drug-likeness (QED) is 0.777. The number of amides is 1. The monoisotopic (exact) mass is 375 g/mol. The summed E-state index contributed by atoms with van der Waals surface area (Å²) in [5.74, 6) is -0.568. The average Bonchev–Trinajstić information content (AvgIpc) is 2.58. The van der Waals surface area contributed by atoms with Crippen molar-refractivity contribution in [3.63, 3.8) is 0 Å². The fourth-order valence-corrected chi connectivity index (χ4v) is 4.20. The fraction of sp³-hybridized carbons (Fsp3) is 0.368. The van der Waals surface area contributed by atoms with Crippen LogP contribution in [0.2, 0.25) is 0 Å². The largest absolute Gasteiger partial charge is 0.351 e. The number of aromatic nitrogens is 1. The molecular weight excluding hydrogens is 350 g/mol. The molecule has 0 bridgehead atoms. The summed E-state index contributed by atoms with van der Waals surface area (Å²) in [6.07, 6.45) is 3.31. The first kappa shape index (κ1) is 20.1. The molecule has 7 heteroatoms. The number of sulfonamides is 1. The third-order valence-electron chi connectivity index (χ3n) is 4.04. The summed E-state index contributed by atoms with van der Waals surface area (Å²) in [6, 6.07) is 7.88. The van der Waals surface area contributed by atoms with Gasteiger partial charge in [0.1, 0.15) is 6.04 Å². The Bertz CT molecular complexity index is 865. The molecule has 0 saturated carbocycles. The molecule has 1 aromatic carbocycles. The van der Waals surface area contributed by atoms with Crippen molar-refractivity contribution in [2.45, 2.75) is 45.2 Å². The lowest BCUT2D eigenvalue weighted by molar-refractivity contribution is -0.123. The number of hydrogen-bond donors (Lipinski definition) is 2. The van der Waals surface area contributed by atoms with Gasteiger partial charge in [0.05, 0.1) is 4.90 Å². The molecule has 0 radical (unpaired) electrons. The molecule has 6 nitrogen and oxygen atoms in total. The molecule has 1 atom stereocenters. The lowest BCUT2D eigenvalue weighted by Gasteiger charge is -2.22. The van der Waals surface area contributed by atoms with Crippen molar-refractivity contribution in [1.82, 2.24) is 15.0 Å². The molecule has 26 heavy (non-hydrogen) atoms. The zero-order chi connectivity index (χ0) is 19.3. The van der Waals surface area contributed by atoms with Gasteiger partial charge in [0.2, 0.25) is 15.9 Å². The van der Waals surface area contributed by atoms with E-state index >= 15 is 0 Å². The van der Waals surface area contributed by atoms with Crippen LogP contribution in [0.4, 0.5) is 0 Å². The van der Waals surface area contributed by atoms with E-state index in [4.69, 9.17) is 0 Å². The summed E-state index contributed by atoms with van der Waals surface area (Å²) in [5, 5.41) is 2.77. The number of carbonyl (C=O) groups is 1. The van der Waals surface area contributed by atoms with Crippen LogP contribution in [0.25, 0.3) is 0 Å². The first-order valence-electron chi connectivity index (χ1n) is 8.47. The summed E-state index contributed by atoms with van der Waals surface area (Å²) >= 11 is 0. The smallest absolute Gasteiger partial charge is 0.241 e. The molecule has 1 heterocycles. The molecule has 2 N–H and O–H groups in total. The van der Waals surface area contributed by atoms with Crippen molar-refractivity contribution >= 4 is 15.9 Å². The minimum atomic E-state index is -3.80. The van der Waals surface area contributed by atoms with Gasteiger partial charge >= 0.3 is 0 Å². The van der Waals surface area contributed by atoms with Gasteiger partial charge in [0.25, 0.3) is 0 Å². The lowest BCUT2D eigenvalue weighted by atomic mass is 10.0. The molecule has 1 amide bonds. The average molecular weight is 375 g/mol. The van der Waals surface area contributed by atoms with Crippen LogP contribution in [-0.2, 0) is 21.4 Å². The van der Waals surface area contributed by atoms with Crippen molar-refractivity contribution in [2.75, 3.05) is 0 Å². The molecule has 140 valence electrons. The standard InChI is InChI=1S/C19H25N3O3S/c1-13(2)18(19(23)21-12-16-6-5-9-20-11-16)22-26(24,25)17-8-7-14(3)10-15(17)4/h5-11,13,18,22H,12H2,1-4H3,(H,21,23)/t18-/m1/s1. The molecular formula is C19H25N3O3S. The van der Waals surface area contributed by atoms with Crippen molar-refractivity contribution < 1.29 is 13.2 Å². The van der Waals surface area contributed by atoms with Gasteiger partial charge in [-0.1, -0.05) is 37.6 Å². The Labute approximate surface area is 155 Å². The van der Waals surface area contributed by atoms with Crippen LogP contribution in [0, 0.1) is 19.8 Å². The molecule has 2 rings (SSSR count). The van der Waals surface area contributed by atoms with E-state index in [1.165, 1.54) is 0 Å². The second-order valence-electron chi connectivity index (χ2n) is 6.69. The number of pyridine rings is 1. The number of carbonyl (C=O) groups excluding carboxylic acids is 1. The number of rotatable bonds is 7. The number of nitrogens with one attached hydrogen (secondary N) is 2. The maximum Gasteiger partial charge on any atom is 0.241 e. The minimum absolute atomic E-state index is 0.189. The Hall–Kier alpha value is -2.25. The topological polar surface area (TPSA) is 88.2 Å². The minimum Gasteiger partial charge on any atom is -0.351 e. The molecule has 1 aromatic heterocycles. The first-order valence-corrected chi connectivity index (χ1v) is 9.95. The molecule has 0 spiro atoms. The maximum atomic E-state index is 12.8. The number of nitrogens with zero attached hydrogens (tertiary/aromatic N) is 1. The molecule has 0 aliphatic heterocycles. The van der Waals surface area contributed by atoms with E-state index < -0.39 is 16.1 Å². The van der Waals surface area contributed by atoms with E-state index in [9.17, 15) is 13.2 Å². The van der Waals surface area contributed by atoms with E-state index in [0.717, 1.165) is 11.1 Å². The lowest BCUT2D eigenvalue weighted by Crippen LogP contribution is -2.49. The second-order valence-corrected chi connectivity index (χ2v) is 8.37. The van der Waals surface area contributed by atoms with Gasteiger partial charge in [-0.15, -0.1) is 0 Å². The predicted octanol–water partition coefficient (Wildman–Crippen LogP) is 2.32. The summed E-state index contributed by atoms with van der Waals surface area (Å²) in [5.41, 5.74) is 2.48. The molecule has 0 aliphatic carbocycles. The highest BCUT2D eigenvalue weighted by atomic mass is 32.2. The van der Waals surface area contributed by atoms with Crippen molar-refractivity contribution in [3.05, 3.63) is 59.4 Å². The van der Waals surface area contributed by atoms with Gasteiger partial charge in [0, 0.05) is 18.9 Å². The normalized spacial score (nSPS) is 12.8. The Kier molecular flexibility index (Phi) is 6.50. The SMILES string of the molecule is Cc1ccc(S(=O)(=O)N[C@@H](C(=O)NCc2cccnc2)C(C)C)c(C)c1. The van der Waals surface area contributed by atoms with E-state index in [1.54, 1.807) is 57.4 Å². The van der Waals surface area contributed by atoms with Crippen molar-refractivity contribution in [1.29, 1.82) is 0 Å². The van der Waals surface area contributed by atoms with Crippen LogP contribution in [-0.4, -0.2) is 25.4 Å². The van der Waals surface area contributed by atoms with Gasteiger partial charge in [-0.2, -0.15) is 4.72 Å². The van der Waals surface area contributed by atoms with Crippen molar-refractivity contribution in [3.8, 4) is 0 Å². The van der Waals surface area contributed by atoms with Gasteiger partial charge in [-0.05, 0) is 43.0 Å². The van der Waals surface area contributed by atoms with Gasteiger partial charge in [-0.3, -0.25) is 9.78 Å². The molecule has 0 fully saturated rings. The third-order valence-corrected chi connectivity index (χ3v) is 5.64. The highest BCUT2D eigenvalue weighted by molar-refractivity contribution is 7.89. The van der Waals surface area contributed by atoms with E-state index in [2.05, 4.69) is 15.0 Å². The summed E-state index contributed by atoms with van der Waals surface area (Å²) < 4.78 is 28.1. The Morgan fingerprint density at radius 2 is 1.92 bits per heavy atom. The zero-order valence-electron chi connectivity index (χ0n) is 15.5. The molecule has 0 saturated heterocycles. The van der Waals surface area contributed by atoms with Crippen LogP contribution < -0.4 is 10.0 Å². The second kappa shape index (κ2) is 8.42. The zero-order valence-corrected chi connectivity index (χ0v) is 16.3. The van der Waals surface area contributed by atoms with Gasteiger partial charge in [-0.25, -0.2) is 8.42 Å². The van der Waals surface area contributed by atoms with E-state index in [-0.39, 0.29) is 16.7 Å². The van der Waals surface area contributed by atoms with Crippen LogP contribution in [0.3, 0.4) is 0 Å². The highest BCUT2D eigenvalue weighted by Gasteiger charge is 2.29. The fourth-order valence-electron chi connectivity index (χ4n) is 2.63. The van der Waals surface area contributed by atoms with E-state index in [0.29, 0.717) is 12.1 Å². The number of hydrogen-bond acceptors (Lipinski definition) is 4. The first-order chi connectivity index (χ1) is 12.2. The summed E-state index contributed by atoms with van der Waals surface area (Å²) in [6.45, 7) is 7.55. The van der Waals surface area contributed by atoms with Crippen LogP contribution >= 0.6 is 0 Å². The Morgan fingerprint density at radius 3 is 2.50 bits per heavy atom. The van der Waals surface area contributed by atoms with Crippen LogP contribution in [0.1, 0.15) is 30.5 Å². The van der Waals surface area contributed by atoms with Crippen molar-refractivity contribution in [2.24, 2.45) is 5.92 Å². The number of benzene rings is 1. The van der Waals surface area contributed by atoms with E-state index in [1.807, 2.05) is 13.0 Å². The Balaban J connectivity index is 2.14.